The first-order chi connectivity index (χ1) is 12.6. The van der Waals surface area contributed by atoms with Crippen LogP contribution < -0.4 is 5.73 Å². The predicted molar refractivity (Wildman–Crippen MR) is 96.4 cm³/mol. The number of hydrogen-bond acceptors (Lipinski definition) is 7. The fourth-order valence-electron chi connectivity index (χ4n) is 2.98. The Balaban J connectivity index is 1.52. The molecule has 8 nitrogen and oxygen atoms in total. The van der Waals surface area contributed by atoms with Crippen molar-refractivity contribution in [1.29, 1.82) is 0 Å². The standard InChI is InChI=1S/C18H25N5O3/c1-3-25-13(2)17-20-16(26-21-17)12-22-7-9-23(10-8-22)18(24)14-5-4-6-15(19)11-14/h4-6,11,13H,3,7-10,12,19H2,1-2H3. The van der Waals surface area contributed by atoms with Crippen molar-refractivity contribution in [2.45, 2.75) is 26.5 Å². The van der Waals surface area contributed by atoms with Crippen LogP contribution in [0.25, 0.3) is 0 Å². The summed E-state index contributed by atoms with van der Waals surface area (Å²) in [6.45, 7) is 7.84. The molecule has 1 unspecified atom stereocenters. The number of benzene rings is 1. The molecule has 3 rings (SSSR count). The lowest BCUT2D eigenvalue weighted by Crippen LogP contribution is -2.48. The number of carbonyl (C=O) groups is 1. The topological polar surface area (TPSA) is 97.7 Å². The lowest BCUT2D eigenvalue weighted by molar-refractivity contribution is 0.0615. The van der Waals surface area contributed by atoms with Crippen molar-refractivity contribution < 1.29 is 14.1 Å². The molecular formula is C18H25N5O3. The number of piperazine rings is 1. The third-order valence-electron chi connectivity index (χ3n) is 4.42. The number of rotatable bonds is 6. The van der Waals surface area contributed by atoms with Gasteiger partial charge in [-0.05, 0) is 32.0 Å². The molecule has 1 aromatic heterocycles. The van der Waals surface area contributed by atoms with Crippen molar-refractivity contribution in [3.05, 3.63) is 41.5 Å². The molecule has 1 aliphatic rings. The molecule has 26 heavy (non-hydrogen) atoms. The van der Waals surface area contributed by atoms with Gasteiger partial charge in [0.25, 0.3) is 5.91 Å². The average Bonchev–Trinajstić information content (AvgIpc) is 3.11. The summed E-state index contributed by atoms with van der Waals surface area (Å²) in [4.78, 5) is 21.0. The second-order valence-corrected chi connectivity index (χ2v) is 6.34. The number of nitrogen functional groups attached to an aromatic ring is 1. The zero-order valence-corrected chi connectivity index (χ0v) is 15.2. The molecule has 1 aliphatic heterocycles. The van der Waals surface area contributed by atoms with Gasteiger partial charge in [-0.2, -0.15) is 4.98 Å². The molecule has 8 heteroatoms. The van der Waals surface area contributed by atoms with Crippen molar-refractivity contribution in [2.24, 2.45) is 0 Å². The predicted octanol–water partition coefficient (Wildman–Crippen LogP) is 1.71. The number of aromatic nitrogens is 2. The average molecular weight is 359 g/mol. The fraction of sp³-hybridized carbons (Fsp3) is 0.500. The van der Waals surface area contributed by atoms with Crippen LogP contribution in [0, 0.1) is 0 Å². The lowest BCUT2D eigenvalue weighted by atomic mass is 10.1. The van der Waals surface area contributed by atoms with Crippen molar-refractivity contribution in [1.82, 2.24) is 19.9 Å². The van der Waals surface area contributed by atoms with E-state index in [9.17, 15) is 4.79 Å². The minimum Gasteiger partial charge on any atom is -0.399 e. The van der Waals surface area contributed by atoms with E-state index in [0.717, 1.165) is 13.1 Å². The highest BCUT2D eigenvalue weighted by molar-refractivity contribution is 5.95. The van der Waals surface area contributed by atoms with Gasteiger partial charge in [0.2, 0.25) is 5.89 Å². The Morgan fingerprint density at radius 3 is 2.81 bits per heavy atom. The number of nitrogens with two attached hydrogens (primary N) is 1. The van der Waals surface area contributed by atoms with E-state index in [0.29, 0.717) is 49.2 Å². The molecule has 2 aromatic rings. The van der Waals surface area contributed by atoms with Gasteiger partial charge in [-0.3, -0.25) is 9.69 Å². The van der Waals surface area contributed by atoms with E-state index >= 15 is 0 Å². The van der Waals surface area contributed by atoms with E-state index in [4.69, 9.17) is 15.0 Å². The summed E-state index contributed by atoms with van der Waals surface area (Å²) in [6.07, 6.45) is -0.176. The summed E-state index contributed by atoms with van der Waals surface area (Å²) in [5.74, 6) is 1.15. The number of ether oxygens (including phenoxy) is 1. The molecule has 0 saturated carbocycles. The zero-order valence-electron chi connectivity index (χ0n) is 15.2. The summed E-state index contributed by atoms with van der Waals surface area (Å²) >= 11 is 0. The van der Waals surface area contributed by atoms with Gasteiger partial charge in [0.05, 0.1) is 6.54 Å². The fourth-order valence-corrected chi connectivity index (χ4v) is 2.98. The van der Waals surface area contributed by atoms with Gasteiger partial charge in [-0.1, -0.05) is 11.2 Å². The van der Waals surface area contributed by atoms with Gasteiger partial charge in [-0.15, -0.1) is 0 Å². The third-order valence-corrected chi connectivity index (χ3v) is 4.42. The first-order valence-corrected chi connectivity index (χ1v) is 8.88. The number of amides is 1. The second kappa shape index (κ2) is 8.29. The van der Waals surface area contributed by atoms with Gasteiger partial charge >= 0.3 is 0 Å². The van der Waals surface area contributed by atoms with E-state index in [-0.39, 0.29) is 12.0 Å². The Morgan fingerprint density at radius 2 is 2.12 bits per heavy atom. The number of carbonyl (C=O) groups excluding carboxylic acids is 1. The van der Waals surface area contributed by atoms with Crippen LogP contribution in [0.1, 0.15) is 42.0 Å². The molecule has 140 valence electrons. The van der Waals surface area contributed by atoms with Gasteiger partial charge in [0, 0.05) is 44.0 Å². The largest absolute Gasteiger partial charge is 0.399 e. The van der Waals surface area contributed by atoms with Crippen LogP contribution in [0.4, 0.5) is 5.69 Å². The maximum Gasteiger partial charge on any atom is 0.254 e. The molecule has 1 amide bonds. The molecule has 2 N–H and O–H groups in total. The van der Waals surface area contributed by atoms with Crippen LogP contribution >= 0.6 is 0 Å². The van der Waals surface area contributed by atoms with E-state index in [1.54, 1.807) is 24.3 Å². The smallest absolute Gasteiger partial charge is 0.254 e. The molecule has 1 fully saturated rings. The van der Waals surface area contributed by atoms with Crippen molar-refractivity contribution >= 4 is 11.6 Å². The second-order valence-electron chi connectivity index (χ2n) is 6.34. The minimum atomic E-state index is -0.176. The van der Waals surface area contributed by atoms with E-state index in [2.05, 4.69) is 15.0 Å². The number of nitrogens with zero attached hydrogens (tertiary/aromatic N) is 4. The van der Waals surface area contributed by atoms with Crippen LogP contribution in [0.3, 0.4) is 0 Å². The summed E-state index contributed by atoms with van der Waals surface area (Å²) < 4.78 is 10.8. The highest BCUT2D eigenvalue weighted by atomic mass is 16.5. The molecule has 2 heterocycles. The highest BCUT2D eigenvalue weighted by Gasteiger charge is 2.24. The van der Waals surface area contributed by atoms with E-state index < -0.39 is 0 Å². The maximum atomic E-state index is 12.6. The summed E-state index contributed by atoms with van der Waals surface area (Å²) in [7, 11) is 0. The molecule has 0 aliphatic carbocycles. The van der Waals surface area contributed by atoms with E-state index in [1.807, 2.05) is 18.7 Å². The Hall–Kier alpha value is -2.45. The number of anilines is 1. The summed E-state index contributed by atoms with van der Waals surface area (Å²) in [5, 5.41) is 3.98. The zero-order chi connectivity index (χ0) is 18.5. The van der Waals surface area contributed by atoms with Crippen molar-refractivity contribution in [3.8, 4) is 0 Å². The molecule has 1 aromatic carbocycles. The van der Waals surface area contributed by atoms with Crippen LogP contribution in [0.2, 0.25) is 0 Å². The van der Waals surface area contributed by atoms with Crippen molar-refractivity contribution in [2.75, 3.05) is 38.5 Å². The third kappa shape index (κ3) is 4.39. The Labute approximate surface area is 152 Å². The summed E-state index contributed by atoms with van der Waals surface area (Å²) in [5.41, 5.74) is 6.99. The molecule has 0 bridgehead atoms. The molecule has 0 radical (unpaired) electrons. The van der Waals surface area contributed by atoms with Gasteiger partial charge in [0.15, 0.2) is 5.82 Å². The lowest BCUT2D eigenvalue weighted by Gasteiger charge is -2.34. The normalized spacial score (nSPS) is 16.6. The number of hydrogen-bond donors (Lipinski definition) is 1. The van der Waals surface area contributed by atoms with Crippen LogP contribution in [0.5, 0.6) is 0 Å². The van der Waals surface area contributed by atoms with Crippen molar-refractivity contribution in [3.63, 3.8) is 0 Å². The summed E-state index contributed by atoms with van der Waals surface area (Å²) in [6, 6.07) is 7.09. The Morgan fingerprint density at radius 1 is 1.35 bits per heavy atom. The van der Waals surface area contributed by atoms with Gasteiger partial charge < -0.3 is 19.9 Å². The van der Waals surface area contributed by atoms with Gasteiger partial charge in [0.1, 0.15) is 6.10 Å². The maximum absolute atomic E-state index is 12.6. The first kappa shape index (κ1) is 18.3. The SMILES string of the molecule is CCOC(C)c1noc(CN2CCN(C(=O)c3cccc(N)c3)CC2)n1. The quantitative estimate of drug-likeness (QED) is 0.784. The highest BCUT2D eigenvalue weighted by Crippen LogP contribution is 2.15. The van der Waals surface area contributed by atoms with Crippen LogP contribution in [-0.4, -0.2) is 58.6 Å². The molecule has 1 saturated heterocycles. The molecular weight excluding hydrogens is 334 g/mol. The first-order valence-electron chi connectivity index (χ1n) is 8.88. The minimum absolute atomic E-state index is 0.0163. The van der Waals surface area contributed by atoms with Crippen LogP contribution in [0.15, 0.2) is 28.8 Å². The monoisotopic (exact) mass is 359 g/mol. The molecule has 0 spiro atoms. The van der Waals surface area contributed by atoms with Gasteiger partial charge in [-0.25, -0.2) is 0 Å². The van der Waals surface area contributed by atoms with E-state index in [1.165, 1.54) is 0 Å². The Bertz CT molecular complexity index is 740. The Kier molecular flexibility index (Phi) is 5.85. The van der Waals surface area contributed by atoms with Crippen LogP contribution in [-0.2, 0) is 11.3 Å². The molecule has 1 atom stereocenters.